The number of carbonyl (C=O) groups excluding carboxylic acids is 1. The van der Waals surface area contributed by atoms with Crippen molar-refractivity contribution in [2.75, 3.05) is 7.05 Å². The van der Waals surface area contributed by atoms with Gasteiger partial charge >= 0.3 is 0 Å². The minimum atomic E-state index is 0.0365. The molecule has 2 heterocycles. The predicted octanol–water partition coefficient (Wildman–Crippen LogP) is 3.99. The van der Waals surface area contributed by atoms with Crippen molar-refractivity contribution < 1.29 is 9.21 Å². The second-order valence-electron chi connectivity index (χ2n) is 4.23. The highest BCUT2D eigenvalue weighted by Gasteiger charge is 2.17. The highest BCUT2D eigenvalue weighted by Crippen LogP contribution is 2.28. The molecule has 0 aromatic carbocycles. The van der Waals surface area contributed by atoms with Crippen LogP contribution in [-0.2, 0) is 6.54 Å². The monoisotopic (exact) mass is 327 g/mol. The Hall–Kier alpha value is -1.07. The molecule has 0 aliphatic carbocycles. The van der Waals surface area contributed by atoms with E-state index in [1.807, 2.05) is 26.0 Å². The second-order valence-corrected chi connectivity index (χ2v) is 6.60. The lowest BCUT2D eigenvalue weighted by molar-refractivity contribution is 0.0789. The normalized spacial score (nSPS) is 10.7. The first-order chi connectivity index (χ1) is 8.49. The number of nitrogens with zero attached hydrogens (tertiary/aromatic N) is 1. The zero-order valence-corrected chi connectivity index (χ0v) is 12.9. The Morgan fingerprint density at radius 3 is 2.72 bits per heavy atom. The molecule has 0 spiro atoms. The zero-order valence-electron chi connectivity index (χ0n) is 10.5. The summed E-state index contributed by atoms with van der Waals surface area (Å²) in [6, 6.07) is 3.81. The Morgan fingerprint density at radius 2 is 2.22 bits per heavy atom. The maximum absolute atomic E-state index is 12.2. The molecule has 0 saturated carbocycles. The quantitative estimate of drug-likeness (QED) is 0.853. The third-order valence-corrected chi connectivity index (χ3v) is 4.91. The van der Waals surface area contributed by atoms with Crippen LogP contribution in [0.25, 0.3) is 0 Å². The maximum Gasteiger partial charge on any atom is 0.264 e. The minimum Gasteiger partial charge on any atom is -0.469 e. The number of rotatable bonds is 3. The van der Waals surface area contributed by atoms with Crippen molar-refractivity contribution in [3.8, 4) is 0 Å². The van der Waals surface area contributed by atoms with Crippen molar-refractivity contribution in [2.45, 2.75) is 20.4 Å². The van der Waals surface area contributed by atoms with Crippen molar-refractivity contribution >= 4 is 33.2 Å². The van der Waals surface area contributed by atoms with Gasteiger partial charge in [-0.3, -0.25) is 4.79 Å². The average molecular weight is 328 g/mol. The molecule has 18 heavy (non-hydrogen) atoms. The number of aryl methyl sites for hydroxylation is 2. The van der Waals surface area contributed by atoms with Crippen LogP contribution in [0.4, 0.5) is 0 Å². The molecular formula is C13H14BrNO2S. The molecule has 3 nitrogen and oxygen atoms in total. The molecule has 0 atom stereocenters. The summed E-state index contributed by atoms with van der Waals surface area (Å²) < 4.78 is 6.24. The molecule has 0 aliphatic heterocycles. The first-order valence-electron chi connectivity index (χ1n) is 5.53. The van der Waals surface area contributed by atoms with Crippen LogP contribution in [0.15, 0.2) is 26.6 Å². The van der Waals surface area contributed by atoms with Gasteiger partial charge in [-0.05, 0) is 47.5 Å². The Bertz CT molecular complexity index is 554. The van der Waals surface area contributed by atoms with Gasteiger partial charge in [0.1, 0.15) is 5.76 Å². The number of hydrogen-bond acceptors (Lipinski definition) is 3. The smallest absolute Gasteiger partial charge is 0.264 e. The molecular weight excluding hydrogens is 314 g/mol. The number of carbonyl (C=O) groups is 1. The molecule has 0 radical (unpaired) electrons. The van der Waals surface area contributed by atoms with Crippen LogP contribution < -0.4 is 0 Å². The summed E-state index contributed by atoms with van der Waals surface area (Å²) in [5, 5.41) is 0. The average Bonchev–Trinajstić information content (AvgIpc) is 2.86. The summed E-state index contributed by atoms with van der Waals surface area (Å²) in [5.74, 6) is 0.896. The van der Waals surface area contributed by atoms with E-state index in [9.17, 15) is 4.79 Å². The maximum atomic E-state index is 12.2. The number of furan rings is 1. The molecule has 0 N–H and O–H groups in total. The molecule has 1 amide bonds. The summed E-state index contributed by atoms with van der Waals surface area (Å²) >= 11 is 4.91. The van der Waals surface area contributed by atoms with E-state index in [1.165, 1.54) is 11.3 Å². The fourth-order valence-corrected chi connectivity index (χ4v) is 3.19. The molecule has 2 aromatic rings. The molecule has 2 rings (SSSR count). The molecule has 0 bridgehead atoms. The van der Waals surface area contributed by atoms with E-state index in [0.717, 1.165) is 25.6 Å². The van der Waals surface area contributed by atoms with Crippen LogP contribution in [0.5, 0.6) is 0 Å². The van der Waals surface area contributed by atoms with Crippen LogP contribution in [-0.4, -0.2) is 17.9 Å². The van der Waals surface area contributed by atoms with Crippen LogP contribution in [0.3, 0.4) is 0 Å². The first kappa shape index (κ1) is 13.4. The number of halogens is 1. The summed E-state index contributed by atoms with van der Waals surface area (Å²) in [5.41, 5.74) is 2.13. The largest absolute Gasteiger partial charge is 0.469 e. The van der Waals surface area contributed by atoms with E-state index >= 15 is 0 Å². The lowest BCUT2D eigenvalue weighted by Gasteiger charge is -2.15. The van der Waals surface area contributed by atoms with Gasteiger partial charge in [0.25, 0.3) is 5.91 Å². The molecule has 5 heteroatoms. The van der Waals surface area contributed by atoms with Gasteiger partial charge in [-0.2, -0.15) is 0 Å². The van der Waals surface area contributed by atoms with E-state index in [-0.39, 0.29) is 5.91 Å². The van der Waals surface area contributed by atoms with Crippen molar-refractivity contribution in [3.63, 3.8) is 0 Å². The van der Waals surface area contributed by atoms with Crippen LogP contribution >= 0.6 is 27.3 Å². The van der Waals surface area contributed by atoms with Crippen LogP contribution in [0, 0.1) is 13.8 Å². The number of hydrogen-bond donors (Lipinski definition) is 0. The summed E-state index contributed by atoms with van der Waals surface area (Å²) in [4.78, 5) is 14.7. The lowest BCUT2D eigenvalue weighted by atomic mass is 10.2. The molecule has 96 valence electrons. The number of amides is 1. The van der Waals surface area contributed by atoms with E-state index in [0.29, 0.717) is 6.54 Å². The first-order valence-corrected chi connectivity index (χ1v) is 7.14. The molecule has 0 aliphatic rings. The third-order valence-electron chi connectivity index (χ3n) is 2.79. The van der Waals surface area contributed by atoms with Gasteiger partial charge in [0.05, 0.1) is 14.9 Å². The fraction of sp³-hybridized carbons (Fsp3) is 0.308. The van der Waals surface area contributed by atoms with Crippen molar-refractivity contribution in [1.82, 2.24) is 4.90 Å². The van der Waals surface area contributed by atoms with E-state index in [1.54, 1.807) is 18.2 Å². The zero-order chi connectivity index (χ0) is 13.3. The van der Waals surface area contributed by atoms with E-state index < -0.39 is 0 Å². The predicted molar refractivity (Wildman–Crippen MR) is 76.0 cm³/mol. The van der Waals surface area contributed by atoms with Crippen molar-refractivity contribution in [2.24, 2.45) is 0 Å². The fourth-order valence-electron chi connectivity index (χ4n) is 1.66. The van der Waals surface area contributed by atoms with Gasteiger partial charge in [0.2, 0.25) is 0 Å². The highest BCUT2D eigenvalue weighted by molar-refractivity contribution is 9.11. The lowest BCUT2D eigenvalue weighted by Crippen LogP contribution is -2.25. The Balaban J connectivity index is 2.12. The highest BCUT2D eigenvalue weighted by atomic mass is 79.9. The SMILES string of the molecule is Cc1cc(C(=O)N(C)Cc2ccoc2C)sc1Br. The molecule has 0 fully saturated rings. The van der Waals surface area contributed by atoms with Gasteiger partial charge < -0.3 is 9.32 Å². The third kappa shape index (κ3) is 2.67. The van der Waals surface area contributed by atoms with Gasteiger partial charge in [-0.1, -0.05) is 0 Å². The van der Waals surface area contributed by atoms with Crippen molar-refractivity contribution in [3.05, 3.63) is 43.9 Å². The molecule has 0 unspecified atom stereocenters. The second kappa shape index (κ2) is 5.28. The van der Waals surface area contributed by atoms with E-state index in [4.69, 9.17) is 4.42 Å². The Kier molecular flexibility index (Phi) is 3.92. The van der Waals surface area contributed by atoms with Gasteiger partial charge in [0, 0.05) is 19.2 Å². The van der Waals surface area contributed by atoms with Gasteiger partial charge in [-0.15, -0.1) is 11.3 Å². The van der Waals surface area contributed by atoms with Gasteiger partial charge in [-0.25, -0.2) is 0 Å². The summed E-state index contributed by atoms with van der Waals surface area (Å²) in [6.07, 6.45) is 1.65. The minimum absolute atomic E-state index is 0.0365. The van der Waals surface area contributed by atoms with Crippen LogP contribution in [0.1, 0.15) is 26.6 Å². The van der Waals surface area contributed by atoms with Crippen LogP contribution in [0.2, 0.25) is 0 Å². The summed E-state index contributed by atoms with van der Waals surface area (Å²) in [6.45, 7) is 4.45. The van der Waals surface area contributed by atoms with Crippen molar-refractivity contribution in [1.29, 1.82) is 0 Å². The molecule has 0 saturated heterocycles. The Morgan fingerprint density at radius 1 is 1.50 bits per heavy atom. The topological polar surface area (TPSA) is 33.5 Å². The summed E-state index contributed by atoms with van der Waals surface area (Å²) in [7, 11) is 1.80. The standard InChI is InChI=1S/C13H14BrNO2S/c1-8-6-11(18-12(8)14)13(16)15(3)7-10-4-5-17-9(10)2/h4-6H,7H2,1-3H3. The van der Waals surface area contributed by atoms with Gasteiger partial charge in [0.15, 0.2) is 0 Å². The molecule has 2 aromatic heterocycles. The Labute approximate surface area is 119 Å². The van der Waals surface area contributed by atoms with E-state index in [2.05, 4.69) is 15.9 Å². The number of thiophene rings is 1.